The molecule has 18 nitrogen and oxygen atoms in total. The Hall–Kier alpha value is -8.41. The van der Waals surface area contributed by atoms with Crippen molar-refractivity contribution >= 4 is 70.2 Å². The summed E-state index contributed by atoms with van der Waals surface area (Å²) in [5.41, 5.74) is 7.27. The van der Waals surface area contributed by atoms with Gasteiger partial charge in [-0.2, -0.15) is 0 Å². The van der Waals surface area contributed by atoms with Crippen molar-refractivity contribution in [1.29, 1.82) is 0 Å². The van der Waals surface area contributed by atoms with Crippen LogP contribution in [0.25, 0.3) is 0 Å². The first kappa shape index (κ1) is 46.7. The highest BCUT2D eigenvalue weighted by Crippen LogP contribution is 2.43. The van der Waals surface area contributed by atoms with Gasteiger partial charge in [-0.3, -0.25) is 38.7 Å². The smallest absolute Gasteiger partial charge is 0.303 e. The predicted octanol–water partition coefficient (Wildman–Crippen LogP) is 5.96. The predicted molar refractivity (Wildman–Crippen MR) is 260 cm³/mol. The Kier molecular flexibility index (Phi) is 13.1. The van der Waals surface area contributed by atoms with Gasteiger partial charge in [0, 0.05) is 54.8 Å². The number of aliphatic imine (C=N–C) groups is 1. The van der Waals surface area contributed by atoms with Crippen LogP contribution in [-0.2, 0) is 45.2 Å². The van der Waals surface area contributed by atoms with Crippen LogP contribution < -0.4 is 50.0 Å². The van der Waals surface area contributed by atoms with Crippen molar-refractivity contribution in [3.63, 3.8) is 0 Å². The number of amides is 5. The zero-order valence-electron chi connectivity index (χ0n) is 38.9. The molecule has 0 aliphatic carbocycles. The van der Waals surface area contributed by atoms with Gasteiger partial charge in [-0.15, -0.1) is 0 Å². The van der Waals surface area contributed by atoms with E-state index in [9.17, 15) is 28.8 Å². The quantitative estimate of drug-likeness (QED) is 0.0773. The number of methoxy groups -OCH3 is 2. The Balaban J connectivity index is 0.955. The van der Waals surface area contributed by atoms with Crippen LogP contribution in [0.3, 0.4) is 0 Å². The maximum atomic E-state index is 14.1. The van der Waals surface area contributed by atoms with Gasteiger partial charge in [0.1, 0.15) is 25.3 Å². The first-order valence-electron chi connectivity index (χ1n) is 22.8. The maximum absolute atomic E-state index is 14.1. The number of carbonyl (C=O) groups is 6. The number of benzene rings is 5. The van der Waals surface area contributed by atoms with Gasteiger partial charge in [0.15, 0.2) is 23.0 Å². The number of carboxylic acids is 1. The Morgan fingerprint density at radius 1 is 0.714 bits per heavy atom. The molecule has 70 heavy (non-hydrogen) atoms. The van der Waals surface area contributed by atoms with Crippen LogP contribution in [-0.4, -0.2) is 91.8 Å². The molecule has 0 spiro atoms. The second kappa shape index (κ2) is 19.7. The molecule has 4 aliphatic heterocycles. The number of fused-ring (bicyclic) bond motifs is 8. The molecule has 5 aromatic rings. The summed E-state index contributed by atoms with van der Waals surface area (Å²) in [4.78, 5) is 86.1. The zero-order chi connectivity index (χ0) is 49.2. The molecule has 18 heteroatoms. The van der Waals surface area contributed by atoms with E-state index in [0.717, 1.165) is 28.9 Å². The molecule has 360 valence electrons. The summed E-state index contributed by atoms with van der Waals surface area (Å²) < 4.78 is 24.3. The number of hydrogen-bond donors (Lipinski definition) is 5. The number of nitrogens with zero attached hydrogens (tertiary/aromatic N) is 3. The number of carbonyl (C=O) groups excluding carboxylic acids is 5. The summed E-state index contributed by atoms with van der Waals surface area (Å²) in [6, 6.07) is 25.2. The van der Waals surface area contributed by atoms with Crippen molar-refractivity contribution in [1.82, 2.24) is 10.6 Å². The third-order valence-electron chi connectivity index (χ3n) is 12.7. The number of nitrogens with one attached hydrogen (secondary N) is 4. The fraction of sp³-hybridized carbons (Fsp3) is 0.288. The van der Waals surface area contributed by atoms with E-state index in [-0.39, 0.29) is 43.5 Å². The Labute approximate surface area is 402 Å². The summed E-state index contributed by atoms with van der Waals surface area (Å²) >= 11 is 0. The number of para-hydroxylation sites is 2. The standard InChI is InChI=1S/C52H51N7O11/c1-28(55-47(60)13-14-48(61)62)49(63)56-29(2)50(64)57-34-16-30(26-69-45-22-39-37(20-43(45)67-3)51(65)58-35(24-53-39)18-32-9-5-7-11-41(32)58)15-31(17-34)27-70-46-23-40-38(21-44(46)68-4)52(66)59-36(25-54-40)19-33-10-6-8-12-42(33)59/h5-12,15-17,20-24,28-29,35-36,54H,13-14,18-19,25-27H2,1-4H3,(H,55,60)(H,56,63)(H,57,64)(H,61,62)/t28-,29-,35-,36-/m0/s1. The molecular formula is C52H51N7O11. The largest absolute Gasteiger partial charge is 0.493 e. The fourth-order valence-corrected chi connectivity index (χ4v) is 9.18. The molecule has 0 fully saturated rings. The number of anilines is 4. The van der Waals surface area contributed by atoms with E-state index in [0.29, 0.717) is 75.3 Å². The Morgan fingerprint density at radius 2 is 1.31 bits per heavy atom. The summed E-state index contributed by atoms with van der Waals surface area (Å²) in [6.45, 7) is 3.37. The van der Waals surface area contributed by atoms with Crippen molar-refractivity contribution in [3.8, 4) is 23.0 Å². The third kappa shape index (κ3) is 9.52. The van der Waals surface area contributed by atoms with E-state index >= 15 is 0 Å². The molecule has 5 aromatic carbocycles. The van der Waals surface area contributed by atoms with Crippen LogP contribution >= 0.6 is 0 Å². The highest BCUT2D eigenvalue weighted by atomic mass is 16.5. The molecule has 5 N–H and O–H groups in total. The van der Waals surface area contributed by atoms with Crippen LogP contribution in [0.5, 0.6) is 23.0 Å². The third-order valence-corrected chi connectivity index (χ3v) is 12.7. The van der Waals surface area contributed by atoms with Crippen molar-refractivity contribution in [2.75, 3.05) is 41.2 Å². The Morgan fingerprint density at radius 3 is 1.99 bits per heavy atom. The number of aliphatic carboxylic acids is 1. The van der Waals surface area contributed by atoms with Crippen LogP contribution in [0.4, 0.5) is 28.4 Å². The van der Waals surface area contributed by atoms with Gasteiger partial charge in [-0.1, -0.05) is 36.4 Å². The second-order valence-corrected chi connectivity index (χ2v) is 17.5. The topological polar surface area (TPSA) is 227 Å². The SMILES string of the molecule is COc1cc2c(cc1OCc1cc(COc3cc4c(cc3OC)C(=O)N3c5ccccc5C[C@H]3CN4)cc(NC(=O)[C@H](C)NC(=O)[C@H](C)NC(=O)CCC(=O)O)c1)N=C[C@@H]1Cc3ccccc3N1C2=O. The minimum Gasteiger partial charge on any atom is -0.493 e. The molecule has 0 unspecified atom stereocenters. The monoisotopic (exact) mass is 949 g/mol. The number of hydrogen-bond acceptors (Lipinski definition) is 12. The van der Waals surface area contributed by atoms with E-state index < -0.39 is 42.2 Å². The van der Waals surface area contributed by atoms with Crippen LogP contribution in [0.15, 0.2) is 96.0 Å². The number of ether oxygens (including phenoxy) is 4. The van der Waals surface area contributed by atoms with Crippen molar-refractivity contribution in [2.24, 2.45) is 4.99 Å². The minimum absolute atomic E-state index is 0.0207. The molecule has 0 radical (unpaired) electrons. The lowest BCUT2D eigenvalue weighted by Crippen LogP contribution is -2.50. The lowest BCUT2D eigenvalue weighted by Gasteiger charge is -2.22. The molecule has 9 rings (SSSR count). The summed E-state index contributed by atoms with van der Waals surface area (Å²) in [7, 11) is 2.98. The molecule has 5 amide bonds. The second-order valence-electron chi connectivity index (χ2n) is 17.5. The van der Waals surface area contributed by atoms with Gasteiger partial charge in [0.2, 0.25) is 17.7 Å². The Bertz CT molecular complexity index is 2970. The van der Waals surface area contributed by atoms with E-state index in [1.807, 2.05) is 59.5 Å². The molecule has 4 aliphatic rings. The minimum atomic E-state index is -1.15. The summed E-state index contributed by atoms with van der Waals surface area (Å²) in [5, 5.41) is 20.2. The van der Waals surface area contributed by atoms with Gasteiger partial charge in [-0.05, 0) is 85.0 Å². The lowest BCUT2D eigenvalue weighted by atomic mass is 10.1. The van der Waals surface area contributed by atoms with Crippen molar-refractivity contribution < 1.29 is 52.8 Å². The average Bonchev–Trinajstić information content (AvgIpc) is 3.85. The van der Waals surface area contributed by atoms with Crippen molar-refractivity contribution in [3.05, 3.63) is 124 Å². The summed E-state index contributed by atoms with van der Waals surface area (Å²) in [6.07, 6.45) is 2.44. The normalized spacial score (nSPS) is 16.9. The maximum Gasteiger partial charge on any atom is 0.303 e. The lowest BCUT2D eigenvalue weighted by molar-refractivity contribution is -0.139. The van der Waals surface area contributed by atoms with E-state index in [4.69, 9.17) is 29.0 Å². The van der Waals surface area contributed by atoms with Crippen LogP contribution in [0.2, 0.25) is 0 Å². The molecule has 0 saturated carbocycles. The van der Waals surface area contributed by atoms with Gasteiger partial charge < -0.3 is 50.2 Å². The summed E-state index contributed by atoms with van der Waals surface area (Å²) in [5.74, 6) is -2.01. The van der Waals surface area contributed by atoms with Gasteiger partial charge >= 0.3 is 5.97 Å². The molecule has 4 heterocycles. The van der Waals surface area contributed by atoms with Gasteiger partial charge in [0.05, 0.1) is 55.2 Å². The molecule has 0 aromatic heterocycles. The highest BCUT2D eigenvalue weighted by Gasteiger charge is 2.39. The average molecular weight is 950 g/mol. The number of carboxylic acid groups (broad SMARTS) is 1. The molecule has 0 saturated heterocycles. The molecule has 0 bridgehead atoms. The van der Waals surface area contributed by atoms with Gasteiger partial charge in [0.25, 0.3) is 11.8 Å². The molecular weight excluding hydrogens is 899 g/mol. The van der Waals surface area contributed by atoms with E-state index in [2.05, 4.69) is 21.3 Å². The zero-order valence-corrected chi connectivity index (χ0v) is 38.9. The first-order chi connectivity index (χ1) is 33.8. The highest BCUT2D eigenvalue weighted by molar-refractivity contribution is 6.15. The van der Waals surface area contributed by atoms with E-state index in [1.165, 1.54) is 28.1 Å². The van der Waals surface area contributed by atoms with Crippen molar-refractivity contribution in [2.45, 2.75) is 76.9 Å². The fourth-order valence-electron chi connectivity index (χ4n) is 9.18. The molecule has 4 atom stereocenters. The number of rotatable bonds is 16. The van der Waals surface area contributed by atoms with E-state index in [1.54, 1.807) is 47.5 Å². The van der Waals surface area contributed by atoms with Crippen LogP contribution in [0, 0.1) is 0 Å². The first-order valence-corrected chi connectivity index (χ1v) is 22.8. The van der Waals surface area contributed by atoms with Crippen LogP contribution in [0.1, 0.15) is 69.7 Å². The van der Waals surface area contributed by atoms with Gasteiger partial charge in [-0.25, -0.2) is 0 Å².